The van der Waals surface area contributed by atoms with Crippen LogP contribution in [0.15, 0.2) is 71.4 Å². The molecule has 1 fully saturated rings. The number of para-hydroxylation sites is 2. The average molecular weight is 415 g/mol. The number of anilines is 1. The molecule has 1 aliphatic rings. The summed E-state index contributed by atoms with van der Waals surface area (Å²) in [5, 5.41) is 7.42. The van der Waals surface area contributed by atoms with Crippen LogP contribution in [0.5, 0.6) is 0 Å². The van der Waals surface area contributed by atoms with Gasteiger partial charge < -0.3 is 14.6 Å². The highest BCUT2D eigenvalue weighted by Crippen LogP contribution is 2.26. The summed E-state index contributed by atoms with van der Waals surface area (Å²) in [4.78, 5) is 19.5. The van der Waals surface area contributed by atoms with E-state index >= 15 is 0 Å². The molecule has 7 heteroatoms. The molecule has 2 aromatic heterocycles. The van der Waals surface area contributed by atoms with E-state index in [4.69, 9.17) is 4.42 Å². The van der Waals surface area contributed by atoms with Gasteiger partial charge >= 0.3 is 0 Å². The second-order valence-corrected chi connectivity index (χ2v) is 7.92. The van der Waals surface area contributed by atoms with E-state index in [2.05, 4.69) is 32.4 Å². The first-order chi connectivity index (χ1) is 15.3. The van der Waals surface area contributed by atoms with Crippen LogP contribution < -0.4 is 10.2 Å². The highest BCUT2D eigenvalue weighted by Gasteiger charge is 2.27. The number of oxazole rings is 1. The first-order valence-corrected chi connectivity index (χ1v) is 10.7. The third kappa shape index (κ3) is 4.30. The molecule has 0 aliphatic carbocycles. The molecule has 0 saturated carbocycles. The lowest BCUT2D eigenvalue weighted by molar-refractivity contribution is -0.125. The monoisotopic (exact) mass is 415 g/mol. The molecule has 0 bridgehead atoms. The van der Waals surface area contributed by atoms with Gasteiger partial charge in [-0.25, -0.2) is 0 Å². The van der Waals surface area contributed by atoms with Crippen LogP contribution in [0, 0.1) is 5.92 Å². The van der Waals surface area contributed by atoms with Gasteiger partial charge in [0, 0.05) is 37.9 Å². The molecule has 1 amide bonds. The number of rotatable bonds is 6. The third-order valence-corrected chi connectivity index (χ3v) is 5.88. The molecule has 1 N–H and O–H groups in total. The molecule has 0 spiro atoms. The smallest absolute Gasteiger partial charge is 0.298 e. The van der Waals surface area contributed by atoms with Crippen LogP contribution in [0.1, 0.15) is 24.0 Å². The zero-order chi connectivity index (χ0) is 21.0. The van der Waals surface area contributed by atoms with E-state index in [1.807, 2.05) is 53.3 Å². The van der Waals surface area contributed by atoms with Gasteiger partial charge in [-0.1, -0.05) is 36.4 Å². The number of benzene rings is 2. The van der Waals surface area contributed by atoms with Crippen LogP contribution in [0.4, 0.5) is 6.01 Å². The van der Waals surface area contributed by atoms with Crippen molar-refractivity contribution in [3.8, 4) is 0 Å². The first kappa shape index (κ1) is 19.4. The second kappa shape index (κ2) is 8.63. The number of carbonyl (C=O) groups excluding carboxylic acids is 1. The number of piperidine rings is 1. The van der Waals surface area contributed by atoms with E-state index in [-0.39, 0.29) is 11.8 Å². The number of hydrogen-bond acceptors (Lipinski definition) is 5. The summed E-state index contributed by atoms with van der Waals surface area (Å²) >= 11 is 0. The number of nitrogens with zero attached hydrogens (tertiary/aromatic N) is 4. The van der Waals surface area contributed by atoms with Gasteiger partial charge in [-0.15, -0.1) is 0 Å². The summed E-state index contributed by atoms with van der Waals surface area (Å²) in [5.74, 6) is 0.130. The Bertz CT molecular complexity index is 1130. The lowest BCUT2D eigenvalue weighted by Crippen LogP contribution is -2.40. The van der Waals surface area contributed by atoms with E-state index in [1.54, 1.807) is 6.20 Å². The number of carbonyl (C=O) groups is 1. The molecule has 1 saturated heterocycles. The predicted molar refractivity (Wildman–Crippen MR) is 119 cm³/mol. The molecule has 1 aliphatic heterocycles. The van der Waals surface area contributed by atoms with Crippen LogP contribution in [0.25, 0.3) is 11.1 Å². The van der Waals surface area contributed by atoms with Crippen LogP contribution in [-0.2, 0) is 17.9 Å². The number of hydrogen-bond donors (Lipinski definition) is 1. The van der Waals surface area contributed by atoms with Gasteiger partial charge in [-0.05, 0) is 42.2 Å². The van der Waals surface area contributed by atoms with Crippen molar-refractivity contribution in [1.29, 1.82) is 0 Å². The van der Waals surface area contributed by atoms with Crippen LogP contribution in [0.3, 0.4) is 0 Å². The lowest BCUT2D eigenvalue weighted by atomic mass is 9.96. The molecule has 0 unspecified atom stereocenters. The first-order valence-electron chi connectivity index (χ1n) is 10.7. The maximum absolute atomic E-state index is 12.8. The van der Waals surface area contributed by atoms with E-state index < -0.39 is 0 Å². The van der Waals surface area contributed by atoms with E-state index in [9.17, 15) is 4.79 Å². The standard InChI is InChI=1S/C24H25N5O2/c30-23(25-16-19-6-1-2-7-20(19)17-29-13-5-12-26-29)18-10-14-28(15-11-18)24-27-21-8-3-4-9-22(21)31-24/h1-9,12-13,18H,10-11,14-17H2,(H,25,30). The molecule has 4 aromatic rings. The Morgan fingerprint density at radius 1 is 1.03 bits per heavy atom. The third-order valence-electron chi connectivity index (χ3n) is 5.88. The zero-order valence-corrected chi connectivity index (χ0v) is 17.3. The van der Waals surface area contributed by atoms with Crippen LogP contribution in [0.2, 0.25) is 0 Å². The predicted octanol–water partition coefficient (Wildman–Crippen LogP) is 3.61. The molecule has 158 valence electrons. The molecule has 0 radical (unpaired) electrons. The number of nitrogens with one attached hydrogen (secondary N) is 1. The van der Waals surface area contributed by atoms with Crippen molar-refractivity contribution in [1.82, 2.24) is 20.1 Å². The summed E-state index contributed by atoms with van der Waals surface area (Å²) in [7, 11) is 0. The van der Waals surface area contributed by atoms with Gasteiger partial charge in [0.25, 0.3) is 6.01 Å². The summed E-state index contributed by atoms with van der Waals surface area (Å²) in [6.07, 6.45) is 5.30. The Kier molecular flexibility index (Phi) is 5.39. The summed E-state index contributed by atoms with van der Waals surface area (Å²) in [6, 6.07) is 18.5. The Morgan fingerprint density at radius 2 is 1.81 bits per heavy atom. The minimum absolute atomic E-state index is 0.0129. The SMILES string of the molecule is O=C(NCc1ccccc1Cn1cccn1)C1CCN(c2nc3ccccc3o2)CC1. The maximum atomic E-state index is 12.8. The number of amides is 1. The van der Waals surface area contributed by atoms with Gasteiger partial charge in [0.15, 0.2) is 5.58 Å². The normalized spacial score (nSPS) is 14.8. The van der Waals surface area contributed by atoms with Crippen LogP contribution in [-0.4, -0.2) is 33.8 Å². The summed E-state index contributed by atoms with van der Waals surface area (Å²) in [5.41, 5.74) is 3.95. The second-order valence-electron chi connectivity index (χ2n) is 7.92. The quantitative estimate of drug-likeness (QED) is 0.521. The van der Waals surface area contributed by atoms with Gasteiger partial charge in [-0.2, -0.15) is 10.1 Å². The van der Waals surface area contributed by atoms with Crippen molar-refractivity contribution in [2.45, 2.75) is 25.9 Å². The Labute approximate surface area is 180 Å². The van der Waals surface area contributed by atoms with Crippen molar-refractivity contribution in [2.24, 2.45) is 5.92 Å². The molecule has 7 nitrogen and oxygen atoms in total. The van der Waals surface area contributed by atoms with Crippen molar-refractivity contribution in [3.05, 3.63) is 78.1 Å². The fourth-order valence-corrected chi connectivity index (χ4v) is 4.11. The summed E-state index contributed by atoms with van der Waals surface area (Å²) < 4.78 is 7.76. The molecule has 31 heavy (non-hydrogen) atoms. The van der Waals surface area contributed by atoms with Gasteiger partial charge in [0.2, 0.25) is 5.91 Å². The Balaban J connectivity index is 1.16. The van der Waals surface area contributed by atoms with E-state index in [1.165, 1.54) is 0 Å². The topological polar surface area (TPSA) is 76.2 Å². The fraction of sp³-hybridized carbons (Fsp3) is 0.292. The molecule has 0 atom stereocenters. The summed E-state index contributed by atoms with van der Waals surface area (Å²) in [6.45, 7) is 2.76. The minimum Gasteiger partial charge on any atom is -0.423 e. The highest BCUT2D eigenvalue weighted by atomic mass is 16.4. The maximum Gasteiger partial charge on any atom is 0.298 e. The number of fused-ring (bicyclic) bond motifs is 1. The molecule has 5 rings (SSSR count). The van der Waals surface area contributed by atoms with E-state index in [0.29, 0.717) is 19.1 Å². The molecule has 3 heterocycles. The largest absolute Gasteiger partial charge is 0.423 e. The minimum atomic E-state index is 0.0129. The van der Waals surface area contributed by atoms with Gasteiger partial charge in [0.05, 0.1) is 6.54 Å². The number of aromatic nitrogens is 3. The van der Waals surface area contributed by atoms with Crippen molar-refractivity contribution in [2.75, 3.05) is 18.0 Å². The fourth-order valence-electron chi connectivity index (χ4n) is 4.11. The average Bonchev–Trinajstić information content (AvgIpc) is 3.48. The van der Waals surface area contributed by atoms with E-state index in [0.717, 1.165) is 48.2 Å². The zero-order valence-electron chi connectivity index (χ0n) is 17.3. The Morgan fingerprint density at radius 3 is 2.58 bits per heavy atom. The van der Waals surface area contributed by atoms with Crippen LogP contribution >= 0.6 is 0 Å². The lowest BCUT2D eigenvalue weighted by Gasteiger charge is -2.30. The molecular formula is C24H25N5O2. The molecular weight excluding hydrogens is 390 g/mol. The highest BCUT2D eigenvalue weighted by molar-refractivity contribution is 5.79. The Hall–Kier alpha value is -3.61. The molecule has 2 aromatic carbocycles. The van der Waals surface area contributed by atoms with Crippen molar-refractivity contribution >= 4 is 23.0 Å². The van der Waals surface area contributed by atoms with Crippen molar-refractivity contribution < 1.29 is 9.21 Å². The van der Waals surface area contributed by atoms with Gasteiger partial charge in [-0.3, -0.25) is 9.48 Å². The van der Waals surface area contributed by atoms with Crippen molar-refractivity contribution in [3.63, 3.8) is 0 Å². The van der Waals surface area contributed by atoms with Gasteiger partial charge in [0.1, 0.15) is 5.52 Å².